The Kier molecular flexibility index (Phi) is 3.20. The number of nitrogens with one attached hydrogen (secondary N) is 1. The summed E-state index contributed by atoms with van der Waals surface area (Å²) in [7, 11) is 0. The van der Waals surface area contributed by atoms with E-state index in [2.05, 4.69) is 42.6 Å². The molecule has 94 valence electrons. The lowest BCUT2D eigenvalue weighted by atomic mass is 10.00. The fourth-order valence-electron chi connectivity index (χ4n) is 2.52. The Morgan fingerprint density at radius 3 is 2.94 bits per heavy atom. The number of hydrogen-bond donors (Lipinski definition) is 2. The van der Waals surface area contributed by atoms with Gasteiger partial charge in [0.05, 0.1) is 6.04 Å². The highest BCUT2D eigenvalue weighted by Crippen LogP contribution is 2.37. The molecule has 0 spiro atoms. The standard InChI is InChI=1S/C15H17NOS/c1-2-11-7-8-13(18-11)15(17)14-12-6-4-3-5-10(12)9-16-14/h3-8,14-17H,2,9H2,1H3. The summed E-state index contributed by atoms with van der Waals surface area (Å²) in [5.41, 5.74) is 2.53. The number of thiophene rings is 1. The average Bonchev–Trinajstić information content (AvgIpc) is 3.04. The largest absolute Gasteiger partial charge is 0.386 e. The van der Waals surface area contributed by atoms with E-state index in [1.165, 1.54) is 16.0 Å². The van der Waals surface area contributed by atoms with Crippen molar-refractivity contribution in [1.82, 2.24) is 5.32 Å². The minimum absolute atomic E-state index is 0.0320. The van der Waals surface area contributed by atoms with Crippen molar-refractivity contribution < 1.29 is 5.11 Å². The first-order chi connectivity index (χ1) is 8.79. The van der Waals surface area contributed by atoms with Gasteiger partial charge in [-0.3, -0.25) is 0 Å². The van der Waals surface area contributed by atoms with Crippen LogP contribution >= 0.6 is 11.3 Å². The molecule has 0 amide bonds. The Labute approximate surface area is 111 Å². The molecule has 3 heteroatoms. The minimum atomic E-state index is -0.445. The van der Waals surface area contributed by atoms with E-state index in [0.29, 0.717) is 0 Å². The van der Waals surface area contributed by atoms with Gasteiger partial charge in [-0.25, -0.2) is 0 Å². The van der Waals surface area contributed by atoms with Crippen LogP contribution in [0, 0.1) is 0 Å². The summed E-state index contributed by atoms with van der Waals surface area (Å²) in [5, 5.41) is 13.9. The van der Waals surface area contributed by atoms with E-state index in [-0.39, 0.29) is 6.04 Å². The molecule has 2 atom stereocenters. The summed E-state index contributed by atoms with van der Waals surface area (Å²) >= 11 is 1.71. The Bertz CT molecular complexity index is 549. The van der Waals surface area contributed by atoms with Gasteiger partial charge in [-0.05, 0) is 29.7 Å². The molecule has 2 heterocycles. The number of aliphatic hydroxyl groups is 1. The summed E-state index contributed by atoms with van der Waals surface area (Å²) in [4.78, 5) is 2.39. The number of rotatable bonds is 3. The lowest BCUT2D eigenvalue weighted by molar-refractivity contribution is 0.137. The molecule has 2 unspecified atom stereocenters. The smallest absolute Gasteiger partial charge is 0.108 e. The normalized spacial score (nSPS) is 19.8. The van der Waals surface area contributed by atoms with Crippen LogP contribution in [0.4, 0.5) is 0 Å². The van der Waals surface area contributed by atoms with Gasteiger partial charge in [0.15, 0.2) is 0 Å². The second kappa shape index (κ2) is 4.84. The second-order valence-electron chi connectivity index (χ2n) is 4.66. The van der Waals surface area contributed by atoms with E-state index in [0.717, 1.165) is 17.8 Å². The van der Waals surface area contributed by atoms with Crippen molar-refractivity contribution in [1.29, 1.82) is 0 Å². The van der Waals surface area contributed by atoms with Crippen LogP contribution in [-0.4, -0.2) is 5.11 Å². The Hall–Kier alpha value is -1.16. The molecule has 3 rings (SSSR count). The van der Waals surface area contributed by atoms with Gasteiger partial charge >= 0.3 is 0 Å². The summed E-state index contributed by atoms with van der Waals surface area (Å²) in [5.74, 6) is 0. The molecular formula is C15H17NOS. The first-order valence-electron chi connectivity index (χ1n) is 6.37. The average molecular weight is 259 g/mol. The number of benzene rings is 1. The summed E-state index contributed by atoms with van der Waals surface area (Å²) in [6.45, 7) is 3.00. The second-order valence-corrected chi connectivity index (χ2v) is 5.86. The van der Waals surface area contributed by atoms with E-state index in [9.17, 15) is 5.11 Å². The zero-order valence-corrected chi connectivity index (χ0v) is 11.2. The van der Waals surface area contributed by atoms with E-state index >= 15 is 0 Å². The predicted molar refractivity (Wildman–Crippen MR) is 74.7 cm³/mol. The first kappa shape index (κ1) is 11.9. The van der Waals surface area contributed by atoms with Crippen LogP contribution in [0.1, 0.15) is 40.0 Å². The van der Waals surface area contributed by atoms with Crippen LogP contribution in [0.15, 0.2) is 36.4 Å². The van der Waals surface area contributed by atoms with Gasteiger partial charge in [-0.15, -0.1) is 11.3 Å². The summed E-state index contributed by atoms with van der Waals surface area (Å²) < 4.78 is 0. The van der Waals surface area contributed by atoms with Gasteiger partial charge in [0.1, 0.15) is 6.10 Å². The number of fused-ring (bicyclic) bond motifs is 1. The highest BCUT2D eigenvalue weighted by atomic mass is 32.1. The molecule has 0 bridgehead atoms. The third kappa shape index (κ3) is 1.99. The maximum atomic E-state index is 10.5. The SMILES string of the molecule is CCc1ccc(C(O)C2NCc3ccccc32)s1. The molecule has 0 saturated heterocycles. The highest BCUT2D eigenvalue weighted by Gasteiger charge is 2.29. The molecule has 2 N–H and O–H groups in total. The quantitative estimate of drug-likeness (QED) is 0.887. The highest BCUT2D eigenvalue weighted by molar-refractivity contribution is 7.12. The minimum Gasteiger partial charge on any atom is -0.386 e. The zero-order valence-electron chi connectivity index (χ0n) is 10.4. The first-order valence-corrected chi connectivity index (χ1v) is 7.19. The fraction of sp³-hybridized carbons (Fsp3) is 0.333. The Morgan fingerprint density at radius 2 is 2.17 bits per heavy atom. The van der Waals surface area contributed by atoms with Crippen molar-refractivity contribution in [2.45, 2.75) is 32.0 Å². The topological polar surface area (TPSA) is 32.3 Å². The van der Waals surface area contributed by atoms with Crippen LogP contribution in [0.25, 0.3) is 0 Å². The van der Waals surface area contributed by atoms with Crippen molar-refractivity contribution in [3.63, 3.8) is 0 Å². The molecule has 1 aliphatic rings. The molecule has 0 aliphatic carbocycles. The van der Waals surface area contributed by atoms with Crippen LogP contribution < -0.4 is 5.32 Å². The van der Waals surface area contributed by atoms with Gasteiger partial charge in [0.2, 0.25) is 0 Å². The lowest BCUT2D eigenvalue weighted by Crippen LogP contribution is -2.19. The van der Waals surface area contributed by atoms with Crippen molar-refractivity contribution in [3.05, 3.63) is 57.3 Å². The number of aliphatic hydroxyl groups excluding tert-OH is 1. The van der Waals surface area contributed by atoms with Crippen LogP contribution in [-0.2, 0) is 13.0 Å². The van der Waals surface area contributed by atoms with Crippen molar-refractivity contribution in [3.8, 4) is 0 Å². The van der Waals surface area contributed by atoms with Gasteiger partial charge in [0.25, 0.3) is 0 Å². The third-order valence-electron chi connectivity index (χ3n) is 3.54. The zero-order chi connectivity index (χ0) is 12.5. The van der Waals surface area contributed by atoms with E-state index < -0.39 is 6.10 Å². The number of aryl methyl sites for hydroxylation is 1. The molecule has 1 aromatic heterocycles. The van der Waals surface area contributed by atoms with Crippen LogP contribution in [0.5, 0.6) is 0 Å². The molecule has 18 heavy (non-hydrogen) atoms. The van der Waals surface area contributed by atoms with Gasteiger partial charge < -0.3 is 10.4 Å². The Morgan fingerprint density at radius 1 is 1.33 bits per heavy atom. The maximum Gasteiger partial charge on any atom is 0.108 e. The third-order valence-corrected chi connectivity index (χ3v) is 4.84. The lowest BCUT2D eigenvalue weighted by Gasteiger charge is -2.18. The van der Waals surface area contributed by atoms with Crippen molar-refractivity contribution in [2.24, 2.45) is 0 Å². The molecule has 2 aromatic rings. The molecule has 0 radical (unpaired) electrons. The maximum absolute atomic E-state index is 10.5. The molecule has 1 aromatic carbocycles. The van der Waals surface area contributed by atoms with Crippen molar-refractivity contribution >= 4 is 11.3 Å². The number of hydrogen-bond acceptors (Lipinski definition) is 3. The fourth-order valence-corrected chi connectivity index (χ4v) is 3.49. The van der Waals surface area contributed by atoms with Crippen molar-refractivity contribution in [2.75, 3.05) is 0 Å². The van der Waals surface area contributed by atoms with Crippen LogP contribution in [0.2, 0.25) is 0 Å². The molecular weight excluding hydrogens is 242 g/mol. The monoisotopic (exact) mass is 259 g/mol. The molecule has 0 fully saturated rings. The summed E-state index contributed by atoms with van der Waals surface area (Å²) in [6, 6.07) is 12.5. The van der Waals surface area contributed by atoms with E-state index in [4.69, 9.17) is 0 Å². The molecule has 1 aliphatic heterocycles. The summed E-state index contributed by atoms with van der Waals surface area (Å²) in [6.07, 6.45) is 0.588. The van der Waals surface area contributed by atoms with E-state index in [1.807, 2.05) is 6.07 Å². The van der Waals surface area contributed by atoms with E-state index in [1.54, 1.807) is 11.3 Å². The molecule has 0 saturated carbocycles. The van der Waals surface area contributed by atoms with Gasteiger partial charge in [0, 0.05) is 16.3 Å². The van der Waals surface area contributed by atoms with Crippen LogP contribution in [0.3, 0.4) is 0 Å². The van der Waals surface area contributed by atoms with Gasteiger partial charge in [-0.2, -0.15) is 0 Å². The molecule has 2 nitrogen and oxygen atoms in total. The van der Waals surface area contributed by atoms with Gasteiger partial charge in [-0.1, -0.05) is 31.2 Å². The predicted octanol–water partition coefficient (Wildman–Crippen LogP) is 3.19. The Balaban J connectivity index is 1.88.